The van der Waals surface area contributed by atoms with Gasteiger partial charge in [0, 0.05) is 25.5 Å². The van der Waals surface area contributed by atoms with Crippen LogP contribution in [0.2, 0.25) is 0 Å². The normalized spacial score (nSPS) is 12.6. The smallest absolute Gasteiger partial charge is 0.136 e. The van der Waals surface area contributed by atoms with Crippen molar-refractivity contribution in [2.75, 3.05) is 12.4 Å². The molecule has 16 heavy (non-hydrogen) atoms. The molecule has 1 heterocycles. The minimum absolute atomic E-state index is 0.361. The van der Waals surface area contributed by atoms with Crippen LogP contribution in [0.15, 0.2) is 0 Å². The molecule has 0 fully saturated rings. The molecule has 4 nitrogen and oxygen atoms in total. The highest BCUT2D eigenvalue weighted by Crippen LogP contribution is 2.27. The van der Waals surface area contributed by atoms with Gasteiger partial charge in [0.1, 0.15) is 6.29 Å². The van der Waals surface area contributed by atoms with Crippen molar-refractivity contribution >= 4 is 12.0 Å². The van der Waals surface area contributed by atoms with E-state index < -0.39 is 0 Å². The minimum atomic E-state index is -0.361. The van der Waals surface area contributed by atoms with Gasteiger partial charge in [0.05, 0.1) is 11.7 Å². The lowest BCUT2D eigenvalue weighted by Gasteiger charge is -2.09. The fourth-order valence-electron chi connectivity index (χ4n) is 2.01. The molecule has 1 atom stereocenters. The fourth-order valence-corrected chi connectivity index (χ4v) is 2.01. The van der Waals surface area contributed by atoms with E-state index in [0.717, 1.165) is 18.4 Å². The van der Waals surface area contributed by atoms with Gasteiger partial charge in [-0.15, -0.1) is 0 Å². The Morgan fingerprint density at radius 1 is 1.50 bits per heavy atom. The fraction of sp³-hybridized carbons (Fsp3) is 0.583. The Bertz CT molecular complexity index is 382. The van der Waals surface area contributed by atoms with E-state index >= 15 is 0 Å². The number of hydrogen-bond donors (Lipinski definition) is 2. The number of hydrogen-bond acceptors (Lipinski definition) is 3. The van der Waals surface area contributed by atoms with Gasteiger partial charge in [-0.1, -0.05) is 0 Å². The van der Waals surface area contributed by atoms with E-state index in [4.69, 9.17) is 5.73 Å². The molecule has 0 bridgehead atoms. The third-order valence-electron chi connectivity index (χ3n) is 3.25. The van der Waals surface area contributed by atoms with Gasteiger partial charge in [-0.3, -0.25) is 0 Å². The molecular formula is C12H21N3O. The molecule has 1 aromatic rings. The molecule has 90 valence electrons. The molecule has 0 saturated carbocycles. The van der Waals surface area contributed by atoms with E-state index in [2.05, 4.69) is 23.7 Å². The second kappa shape index (κ2) is 5.16. The summed E-state index contributed by atoms with van der Waals surface area (Å²) in [7, 11) is 3.97. The third kappa shape index (κ3) is 2.27. The summed E-state index contributed by atoms with van der Waals surface area (Å²) in [4.78, 5) is 10.5. The highest BCUT2D eigenvalue weighted by atomic mass is 16.1. The average Bonchev–Trinajstić information content (AvgIpc) is 2.50. The summed E-state index contributed by atoms with van der Waals surface area (Å²) in [5.74, 6) is 0. The van der Waals surface area contributed by atoms with Crippen molar-refractivity contribution in [2.45, 2.75) is 32.7 Å². The molecule has 0 aliphatic rings. The summed E-state index contributed by atoms with van der Waals surface area (Å²) in [6.45, 7) is 4.20. The largest absolute Gasteiger partial charge is 0.386 e. The van der Waals surface area contributed by atoms with Crippen molar-refractivity contribution in [1.29, 1.82) is 0 Å². The third-order valence-corrected chi connectivity index (χ3v) is 3.25. The predicted molar refractivity (Wildman–Crippen MR) is 66.8 cm³/mol. The molecule has 0 amide bonds. The molecule has 0 saturated heterocycles. The summed E-state index contributed by atoms with van der Waals surface area (Å²) in [5.41, 5.74) is 10.5. The number of rotatable bonds is 5. The van der Waals surface area contributed by atoms with Crippen LogP contribution < -0.4 is 11.1 Å². The summed E-state index contributed by atoms with van der Waals surface area (Å²) in [6.07, 6.45) is 2.32. The lowest BCUT2D eigenvalue weighted by atomic mass is 10.1. The predicted octanol–water partition coefficient (Wildman–Crippen LogP) is 1.14. The molecule has 1 aromatic heterocycles. The maximum atomic E-state index is 10.5. The lowest BCUT2D eigenvalue weighted by Crippen LogP contribution is -2.22. The Morgan fingerprint density at radius 2 is 2.12 bits per heavy atom. The number of carbonyl (C=O) groups is 1. The molecule has 0 aliphatic carbocycles. The quantitative estimate of drug-likeness (QED) is 0.736. The molecule has 0 spiro atoms. The van der Waals surface area contributed by atoms with E-state index in [9.17, 15) is 4.79 Å². The number of nitrogens with one attached hydrogen (secondary N) is 1. The van der Waals surface area contributed by atoms with Crippen molar-refractivity contribution in [1.82, 2.24) is 4.57 Å². The van der Waals surface area contributed by atoms with Gasteiger partial charge < -0.3 is 20.4 Å². The first-order chi connectivity index (χ1) is 7.52. The van der Waals surface area contributed by atoms with E-state index in [0.29, 0.717) is 6.42 Å². The highest BCUT2D eigenvalue weighted by Gasteiger charge is 2.14. The molecular weight excluding hydrogens is 202 g/mol. The number of anilines is 1. The topological polar surface area (TPSA) is 60.1 Å². The molecule has 0 aliphatic heterocycles. The van der Waals surface area contributed by atoms with Gasteiger partial charge in [0.2, 0.25) is 0 Å². The minimum Gasteiger partial charge on any atom is -0.386 e. The molecule has 3 N–H and O–H groups in total. The zero-order chi connectivity index (χ0) is 12.3. The Labute approximate surface area is 96.8 Å². The zero-order valence-electron chi connectivity index (χ0n) is 10.5. The van der Waals surface area contributed by atoms with Crippen LogP contribution in [0.25, 0.3) is 0 Å². The Hall–Kier alpha value is -1.29. The van der Waals surface area contributed by atoms with Gasteiger partial charge >= 0.3 is 0 Å². The van der Waals surface area contributed by atoms with Gasteiger partial charge in [-0.05, 0) is 32.3 Å². The number of nitrogens with two attached hydrogens (primary N) is 1. The van der Waals surface area contributed by atoms with E-state index in [1.54, 1.807) is 0 Å². The Morgan fingerprint density at radius 3 is 2.62 bits per heavy atom. The molecule has 1 unspecified atom stereocenters. The van der Waals surface area contributed by atoms with Crippen LogP contribution in [-0.2, 0) is 18.3 Å². The van der Waals surface area contributed by atoms with Crippen LogP contribution in [0.5, 0.6) is 0 Å². The van der Waals surface area contributed by atoms with Crippen LogP contribution in [0.3, 0.4) is 0 Å². The van der Waals surface area contributed by atoms with Crippen molar-refractivity contribution in [2.24, 2.45) is 12.8 Å². The molecule has 0 radical (unpaired) electrons. The van der Waals surface area contributed by atoms with Gasteiger partial charge in [-0.25, -0.2) is 0 Å². The van der Waals surface area contributed by atoms with Gasteiger partial charge in [-0.2, -0.15) is 0 Å². The van der Waals surface area contributed by atoms with Crippen LogP contribution >= 0.6 is 0 Å². The summed E-state index contributed by atoms with van der Waals surface area (Å²) >= 11 is 0. The number of aromatic nitrogens is 1. The summed E-state index contributed by atoms with van der Waals surface area (Å²) in [5, 5.41) is 3.22. The molecule has 1 rings (SSSR count). The maximum Gasteiger partial charge on any atom is 0.136 e. The molecule has 4 heteroatoms. The van der Waals surface area contributed by atoms with Crippen LogP contribution in [0, 0.1) is 13.8 Å². The zero-order valence-corrected chi connectivity index (χ0v) is 10.5. The monoisotopic (exact) mass is 223 g/mol. The first-order valence-electron chi connectivity index (χ1n) is 5.56. The van der Waals surface area contributed by atoms with Gasteiger partial charge in [0.15, 0.2) is 0 Å². The second-order valence-electron chi connectivity index (χ2n) is 4.18. The molecule has 0 aromatic carbocycles. The highest BCUT2D eigenvalue weighted by molar-refractivity contribution is 5.60. The van der Waals surface area contributed by atoms with Crippen LogP contribution in [0.1, 0.15) is 23.4 Å². The van der Waals surface area contributed by atoms with Crippen LogP contribution in [-0.4, -0.2) is 23.9 Å². The van der Waals surface area contributed by atoms with Crippen LogP contribution in [0.4, 0.5) is 5.69 Å². The summed E-state index contributed by atoms with van der Waals surface area (Å²) in [6, 6.07) is -0.361. The van der Waals surface area contributed by atoms with Gasteiger partial charge in [0.25, 0.3) is 0 Å². The van der Waals surface area contributed by atoms with E-state index in [1.807, 2.05) is 14.1 Å². The standard InChI is InChI=1S/C12H21N3O/c1-8-9(2)15(4)11(12(8)14-3)6-5-10(13)7-16/h7,10,14H,5-6,13H2,1-4H3. The van der Waals surface area contributed by atoms with Crippen molar-refractivity contribution in [3.63, 3.8) is 0 Å². The second-order valence-corrected chi connectivity index (χ2v) is 4.18. The number of aldehydes is 1. The average molecular weight is 223 g/mol. The first kappa shape index (κ1) is 12.8. The van der Waals surface area contributed by atoms with Crippen molar-refractivity contribution in [3.8, 4) is 0 Å². The van der Waals surface area contributed by atoms with E-state index in [-0.39, 0.29) is 6.04 Å². The van der Waals surface area contributed by atoms with E-state index in [1.165, 1.54) is 17.0 Å². The SMILES string of the molecule is CNc1c(C)c(C)n(C)c1CCC(N)C=O. The first-order valence-corrected chi connectivity index (χ1v) is 5.56. The number of carbonyl (C=O) groups excluding carboxylic acids is 1. The van der Waals surface area contributed by atoms with Crippen molar-refractivity contribution in [3.05, 3.63) is 17.0 Å². The lowest BCUT2D eigenvalue weighted by molar-refractivity contribution is -0.109. The number of nitrogens with zero attached hydrogens (tertiary/aromatic N) is 1. The Kier molecular flexibility index (Phi) is 4.12. The van der Waals surface area contributed by atoms with Crippen molar-refractivity contribution < 1.29 is 4.79 Å². The maximum absolute atomic E-state index is 10.5. The Balaban J connectivity index is 2.94. The summed E-state index contributed by atoms with van der Waals surface area (Å²) < 4.78 is 2.17.